The van der Waals surface area contributed by atoms with E-state index in [9.17, 15) is 9.90 Å². The molecular formula is C23H30N8O2. The van der Waals surface area contributed by atoms with Crippen LogP contribution in [0, 0.1) is 17.8 Å². The first-order chi connectivity index (χ1) is 16.1. The molecule has 0 spiro atoms. The summed E-state index contributed by atoms with van der Waals surface area (Å²) < 4.78 is 0. The largest absolute Gasteiger partial charge is 0.493 e. The number of aromatic nitrogens is 2. The lowest BCUT2D eigenvalue weighted by atomic mass is 9.81. The number of rotatable bonds is 7. The Bertz CT molecular complexity index is 1110. The van der Waals surface area contributed by atoms with Crippen LogP contribution in [0.4, 0.5) is 0 Å². The molecule has 5 atom stereocenters. The van der Waals surface area contributed by atoms with Crippen LogP contribution in [0.1, 0.15) is 31.9 Å². The quantitative estimate of drug-likeness (QED) is 0.402. The maximum atomic E-state index is 11.6. The molecule has 1 aromatic rings. The van der Waals surface area contributed by atoms with Gasteiger partial charge in [-0.15, -0.1) is 6.58 Å². The molecule has 0 aromatic carbocycles. The van der Waals surface area contributed by atoms with Crippen LogP contribution in [0.3, 0.4) is 0 Å². The molecule has 5 N–H and O–H groups in total. The highest BCUT2D eigenvalue weighted by Gasteiger charge is 2.40. The minimum absolute atomic E-state index is 0.0121. The number of imidazole rings is 1. The van der Waals surface area contributed by atoms with Gasteiger partial charge in [0.05, 0.1) is 17.8 Å². The number of nitrogens with zero attached hydrogens (tertiary/aromatic N) is 4. The molecule has 10 nitrogen and oxygen atoms in total. The van der Waals surface area contributed by atoms with E-state index >= 15 is 0 Å². The number of allylic oxidation sites excluding steroid dienone is 3. The fraction of sp³-hybridized carbons (Fsp3) is 0.478. The van der Waals surface area contributed by atoms with Gasteiger partial charge >= 0.3 is 5.69 Å². The van der Waals surface area contributed by atoms with Crippen molar-refractivity contribution >= 4 is 18.1 Å². The second kappa shape index (κ2) is 8.76. The summed E-state index contributed by atoms with van der Waals surface area (Å²) in [4.78, 5) is 26.3. The number of aromatic hydroxyl groups is 1. The summed E-state index contributed by atoms with van der Waals surface area (Å²) in [7, 11) is 0. The first kappa shape index (κ1) is 21.3. The molecule has 1 saturated carbocycles. The number of nitrogens with one attached hydrogen (secondary N) is 4. The van der Waals surface area contributed by atoms with Gasteiger partial charge in [-0.3, -0.25) is 10.3 Å². The highest BCUT2D eigenvalue weighted by atomic mass is 16.3. The van der Waals surface area contributed by atoms with Crippen LogP contribution in [0.25, 0.3) is 0 Å². The van der Waals surface area contributed by atoms with E-state index < -0.39 is 5.69 Å². The van der Waals surface area contributed by atoms with Gasteiger partial charge in [-0.2, -0.15) is 5.10 Å². The highest BCUT2D eigenvalue weighted by Crippen LogP contribution is 2.30. The van der Waals surface area contributed by atoms with Crippen molar-refractivity contribution in [3.05, 3.63) is 53.1 Å². The molecule has 33 heavy (non-hydrogen) atoms. The molecule has 2 aliphatic carbocycles. The van der Waals surface area contributed by atoms with Crippen molar-refractivity contribution in [3.8, 4) is 5.88 Å². The van der Waals surface area contributed by atoms with E-state index in [1.165, 1.54) is 0 Å². The first-order valence-electron chi connectivity index (χ1n) is 11.6. The minimum atomic E-state index is -0.435. The predicted molar refractivity (Wildman–Crippen MR) is 128 cm³/mol. The third kappa shape index (κ3) is 4.37. The van der Waals surface area contributed by atoms with Gasteiger partial charge < -0.3 is 15.4 Å². The Kier molecular flexibility index (Phi) is 5.65. The third-order valence-electron chi connectivity index (χ3n) is 6.54. The summed E-state index contributed by atoms with van der Waals surface area (Å²) in [6.07, 6.45) is 15.6. The van der Waals surface area contributed by atoms with Crippen molar-refractivity contribution in [3.63, 3.8) is 0 Å². The Morgan fingerprint density at radius 2 is 2.15 bits per heavy atom. The van der Waals surface area contributed by atoms with E-state index in [1.807, 2.05) is 6.08 Å². The van der Waals surface area contributed by atoms with E-state index in [-0.39, 0.29) is 29.9 Å². The molecule has 2 aliphatic heterocycles. The van der Waals surface area contributed by atoms with Crippen molar-refractivity contribution in [2.75, 3.05) is 0 Å². The first-order valence-corrected chi connectivity index (χ1v) is 11.6. The number of guanidine groups is 2. The SMILES string of the molecule is C=CC(NC1=NC2C(Cc3[nH]c(=O)[nH]c3O)C=NN2C(=NC2CC2)N1)C1C=CC=CC1CC. The zero-order valence-corrected chi connectivity index (χ0v) is 18.6. The third-order valence-corrected chi connectivity index (χ3v) is 6.54. The average molecular weight is 451 g/mol. The van der Waals surface area contributed by atoms with Crippen molar-refractivity contribution in [2.24, 2.45) is 32.8 Å². The van der Waals surface area contributed by atoms with Gasteiger partial charge in [0.2, 0.25) is 17.8 Å². The van der Waals surface area contributed by atoms with Crippen LogP contribution in [0.2, 0.25) is 0 Å². The van der Waals surface area contributed by atoms with Crippen LogP contribution in [0.15, 0.2) is 56.8 Å². The Morgan fingerprint density at radius 3 is 2.85 bits per heavy atom. The van der Waals surface area contributed by atoms with E-state index in [1.54, 1.807) is 11.2 Å². The summed E-state index contributed by atoms with van der Waals surface area (Å²) in [6.45, 7) is 6.26. The second-order valence-corrected chi connectivity index (χ2v) is 8.91. The lowest BCUT2D eigenvalue weighted by Gasteiger charge is -2.35. The number of aliphatic imine (C=N–C) groups is 2. The topological polar surface area (TPSA) is 133 Å². The fourth-order valence-corrected chi connectivity index (χ4v) is 4.57. The van der Waals surface area contributed by atoms with Crippen molar-refractivity contribution in [1.29, 1.82) is 0 Å². The van der Waals surface area contributed by atoms with Crippen LogP contribution in [0.5, 0.6) is 5.88 Å². The van der Waals surface area contributed by atoms with Gasteiger partial charge in [0.15, 0.2) is 6.17 Å². The molecule has 0 saturated heterocycles. The fourth-order valence-electron chi connectivity index (χ4n) is 4.57. The molecule has 1 fully saturated rings. The number of fused-ring (bicyclic) bond motifs is 1. The Morgan fingerprint density at radius 1 is 1.33 bits per heavy atom. The molecule has 0 radical (unpaired) electrons. The Hall–Kier alpha value is -3.56. The van der Waals surface area contributed by atoms with Crippen molar-refractivity contribution < 1.29 is 5.11 Å². The number of hydrogen-bond donors (Lipinski definition) is 5. The maximum absolute atomic E-state index is 11.6. The standard InChI is InChI=1S/C23H30N8O2/c1-3-13-7-5-6-8-16(13)17(4-2)26-21-28-19-14(11-18-20(32)29-23(33)27-18)12-24-31(19)22(30-21)25-15-9-10-15/h4-8,12-17,19,32H,2-3,9-11H2,1H3,(H2,27,29,33)(H2,25,26,28,30). The maximum Gasteiger partial charge on any atom is 0.325 e. The van der Waals surface area contributed by atoms with Crippen molar-refractivity contribution in [2.45, 2.75) is 50.9 Å². The molecule has 174 valence electrons. The Labute approximate surface area is 192 Å². The zero-order chi connectivity index (χ0) is 22.9. The van der Waals surface area contributed by atoms with Gasteiger partial charge in [-0.25, -0.2) is 19.8 Å². The predicted octanol–water partition coefficient (Wildman–Crippen LogP) is 1.58. The summed E-state index contributed by atoms with van der Waals surface area (Å²) in [5, 5.41) is 23.2. The number of hydrazone groups is 1. The van der Waals surface area contributed by atoms with Crippen LogP contribution < -0.4 is 16.3 Å². The second-order valence-electron chi connectivity index (χ2n) is 8.91. The summed E-state index contributed by atoms with van der Waals surface area (Å²) >= 11 is 0. The molecule has 10 heteroatoms. The molecule has 1 aromatic heterocycles. The van der Waals surface area contributed by atoms with Crippen LogP contribution in [-0.4, -0.2) is 56.5 Å². The van der Waals surface area contributed by atoms with E-state index in [0.717, 1.165) is 19.3 Å². The molecule has 0 bridgehead atoms. The van der Waals surface area contributed by atoms with Gasteiger partial charge in [0, 0.05) is 24.5 Å². The van der Waals surface area contributed by atoms with Crippen LogP contribution >= 0.6 is 0 Å². The normalized spacial score (nSPS) is 30.2. The summed E-state index contributed by atoms with van der Waals surface area (Å²) in [5.41, 5.74) is 0.00597. The van der Waals surface area contributed by atoms with Gasteiger partial charge in [0.25, 0.3) is 0 Å². The molecular weight excluding hydrogens is 420 g/mol. The lowest BCUT2D eigenvalue weighted by Crippen LogP contribution is -2.57. The smallest absolute Gasteiger partial charge is 0.325 e. The van der Waals surface area contributed by atoms with Gasteiger partial charge in [0.1, 0.15) is 0 Å². The molecule has 3 heterocycles. The van der Waals surface area contributed by atoms with Crippen molar-refractivity contribution in [1.82, 2.24) is 25.6 Å². The van der Waals surface area contributed by atoms with Crippen LogP contribution in [-0.2, 0) is 6.42 Å². The summed E-state index contributed by atoms with van der Waals surface area (Å²) in [6, 6.07) is 0.292. The van der Waals surface area contributed by atoms with Gasteiger partial charge in [-0.1, -0.05) is 37.3 Å². The lowest BCUT2D eigenvalue weighted by molar-refractivity contribution is 0.297. The van der Waals surface area contributed by atoms with E-state index in [0.29, 0.717) is 36.0 Å². The Balaban J connectivity index is 1.40. The molecule has 5 unspecified atom stereocenters. The monoisotopic (exact) mass is 450 g/mol. The summed E-state index contributed by atoms with van der Waals surface area (Å²) in [5.74, 6) is 1.68. The average Bonchev–Trinajstić information content (AvgIpc) is 3.45. The minimum Gasteiger partial charge on any atom is -0.493 e. The number of H-pyrrole nitrogens is 2. The number of hydrogen-bond acceptors (Lipinski definition) is 6. The zero-order valence-electron chi connectivity index (χ0n) is 18.6. The van der Waals surface area contributed by atoms with E-state index in [2.05, 4.69) is 63.5 Å². The molecule has 0 amide bonds. The number of aromatic amines is 2. The van der Waals surface area contributed by atoms with E-state index in [4.69, 9.17) is 9.98 Å². The highest BCUT2D eigenvalue weighted by molar-refractivity contribution is 6.01. The molecule has 5 rings (SSSR count). The molecule has 4 aliphatic rings. The van der Waals surface area contributed by atoms with Gasteiger partial charge in [-0.05, 0) is 25.2 Å².